The van der Waals surface area contributed by atoms with Crippen LogP contribution in [0.1, 0.15) is 23.1 Å². The van der Waals surface area contributed by atoms with E-state index in [1.165, 1.54) is 6.20 Å². The molecular formula is C14H12N4O. The third kappa shape index (κ3) is 2.10. The van der Waals surface area contributed by atoms with E-state index in [9.17, 15) is 4.79 Å². The highest BCUT2D eigenvalue weighted by Crippen LogP contribution is 2.11. The Morgan fingerprint density at radius 3 is 2.68 bits per heavy atom. The Balaban J connectivity index is 2.01. The van der Waals surface area contributed by atoms with Gasteiger partial charge in [-0.05, 0) is 19.1 Å². The van der Waals surface area contributed by atoms with Gasteiger partial charge >= 0.3 is 0 Å². The van der Waals surface area contributed by atoms with Gasteiger partial charge in [0, 0.05) is 12.7 Å². The first-order valence-electron chi connectivity index (χ1n) is 6.06. The molecule has 0 aliphatic carbocycles. The average Bonchev–Trinajstić information content (AvgIpc) is 2.95. The van der Waals surface area contributed by atoms with Gasteiger partial charge in [-0.25, -0.2) is 9.97 Å². The first kappa shape index (κ1) is 11.5. The second-order valence-corrected chi connectivity index (χ2v) is 4.16. The molecule has 2 heterocycles. The quantitative estimate of drug-likeness (QED) is 0.669. The molecule has 5 nitrogen and oxygen atoms in total. The molecule has 0 amide bonds. The monoisotopic (exact) mass is 252 g/mol. The number of para-hydroxylation sites is 2. The van der Waals surface area contributed by atoms with Crippen LogP contribution in [-0.2, 0) is 6.54 Å². The molecule has 0 N–H and O–H groups in total. The van der Waals surface area contributed by atoms with E-state index in [2.05, 4.69) is 15.0 Å². The first-order valence-corrected chi connectivity index (χ1v) is 6.06. The van der Waals surface area contributed by atoms with Gasteiger partial charge in [-0.1, -0.05) is 12.1 Å². The highest BCUT2D eigenvalue weighted by atomic mass is 16.1. The summed E-state index contributed by atoms with van der Waals surface area (Å²) in [5, 5.41) is 0. The second kappa shape index (κ2) is 4.61. The Morgan fingerprint density at radius 2 is 1.95 bits per heavy atom. The van der Waals surface area contributed by atoms with E-state index in [0.29, 0.717) is 16.9 Å². The number of imidazole rings is 1. The fourth-order valence-electron chi connectivity index (χ4n) is 1.85. The molecule has 0 bridgehead atoms. The molecule has 0 radical (unpaired) electrons. The molecule has 0 atom stereocenters. The fourth-order valence-corrected chi connectivity index (χ4v) is 1.85. The van der Waals surface area contributed by atoms with Gasteiger partial charge in [0.15, 0.2) is 0 Å². The minimum absolute atomic E-state index is 0.203. The standard InChI is InChI=1S/C14H12N4O/c1-2-18-8-13(16-9-18)14(19)12-7-15-10-5-3-4-6-11(10)17-12/h3-9H,2H2,1H3. The second-order valence-electron chi connectivity index (χ2n) is 4.16. The van der Waals surface area contributed by atoms with Crippen molar-refractivity contribution < 1.29 is 4.79 Å². The predicted octanol–water partition coefficient (Wildman–Crippen LogP) is 2.08. The molecule has 3 aromatic rings. The van der Waals surface area contributed by atoms with Crippen LogP contribution >= 0.6 is 0 Å². The van der Waals surface area contributed by atoms with Crippen molar-refractivity contribution in [3.8, 4) is 0 Å². The maximum atomic E-state index is 12.2. The normalized spacial score (nSPS) is 10.8. The van der Waals surface area contributed by atoms with Crippen molar-refractivity contribution in [2.24, 2.45) is 0 Å². The number of aromatic nitrogens is 4. The molecule has 19 heavy (non-hydrogen) atoms. The van der Waals surface area contributed by atoms with Gasteiger partial charge in [-0.15, -0.1) is 0 Å². The zero-order chi connectivity index (χ0) is 13.2. The van der Waals surface area contributed by atoms with Crippen LogP contribution in [0.3, 0.4) is 0 Å². The van der Waals surface area contributed by atoms with Crippen LogP contribution in [0.15, 0.2) is 43.0 Å². The predicted molar refractivity (Wildman–Crippen MR) is 70.9 cm³/mol. The third-order valence-electron chi connectivity index (χ3n) is 2.91. The van der Waals surface area contributed by atoms with E-state index in [-0.39, 0.29) is 5.78 Å². The van der Waals surface area contributed by atoms with Crippen LogP contribution in [-0.4, -0.2) is 25.3 Å². The van der Waals surface area contributed by atoms with E-state index in [1.807, 2.05) is 35.8 Å². The van der Waals surface area contributed by atoms with Gasteiger partial charge < -0.3 is 4.57 Å². The zero-order valence-corrected chi connectivity index (χ0v) is 10.4. The molecule has 0 spiro atoms. The highest BCUT2D eigenvalue weighted by Gasteiger charge is 2.14. The van der Waals surface area contributed by atoms with Crippen molar-refractivity contribution in [1.82, 2.24) is 19.5 Å². The summed E-state index contributed by atoms with van der Waals surface area (Å²) in [6.45, 7) is 2.77. The summed E-state index contributed by atoms with van der Waals surface area (Å²) in [4.78, 5) is 24.9. The summed E-state index contributed by atoms with van der Waals surface area (Å²) >= 11 is 0. The van der Waals surface area contributed by atoms with Crippen LogP contribution in [0, 0.1) is 0 Å². The van der Waals surface area contributed by atoms with Gasteiger partial charge in [0.25, 0.3) is 0 Å². The average molecular weight is 252 g/mol. The lowest BCUT2D eigenvalue weighted by Crippen LogP contribution is -2.05. The Bertz CT molecular complexity index is 748. The molecule has 5 heteroatoms. The van der Waals surface area contributed by atoms with Crippen molar-refractivity contribution in [3.05, 3.63) is 54.4 Å². The lowest BCUT2D eigenvalue weighted by Gasteiger charge is -1.99. The molecule has 2 aromatic heterocycles. The lowest BCUT2D eigenvalue weighted by atomic mass is 10.2. The van der Waals surface area contributed by atoms with Crippen molar-refractivity contribution in [1.29, 1.82) is 0 Å². The molecule has 3 rings (SSSR count). The maximum absolute atomic E-state index is 12.2. The number of hydrogen-bond acceptors (Lipinski definition) is 4. The van der Waals surface area contributed by atoms with Crippen molar-refractivity contribution in [2.75, 3.05) is 0 Å². The molecule has 0 aliphatic heterocycles. The van der Waals surface area contributed by atoms with Gasteiger partial charge in [0.05, 0.1) is 23.6 Å². The van der Waals surface area contributed by atoms with E-state index in [4.69, 9.17) is 0 Å². The highest BCUT2D eigenvalue weighted by molar-refractivity contribution is 6.06. The fraction of sp³-hybridized carbons (Fsp3) is 0.143. The number of carbonyl (C=O) groups is 1. The number of hydrogen-bond donors (Lipinski definition) is 0. The molecule has 1 aromatic carbocycles. The van der Waals surface area contributed by atoms with Crippen molar-refractivity contribution in [3.63, 3.8) is 0 Å². The van der Waals surface area contributed by atoms with Crippen LogP contribution in [0.5, 0.6) is 0 Å². The number of carbonyl (C=O) groups excluding carboxylic acids is 1. The minimum atomic E-state index is -0.203. The Labute approximate surface area is 110 Å². The van der Waals surface area contributed by atoms with Crippen LogP contribution in [0.25, 0.3) is 11.0 Å². The van der Waals surface area contributed by atoms with Crippen LogP contribution in [0.4, 0.5) is 0 Å². The molecule has 0 saturated heterocycles. The topological polar surface area (TPSA) is 60.7 Å². The number of benzene rings is 1. The number of fused-ring (bicyclic) bond motifs is 1. The van der Waals surface area contributed by atoms with E-state index >= 15 is 0 Å². The summed E-state index contributed by atoms with van der Waals surface area (Å²) < 4.78 is 1.85. The first-order chi connectivity index (χ1) is 9.28. The summed E-state index contributed by atoms with van der Waals surface area (Å²) in [5.74, 6) is -0.203. The molecular weight excluding hydrogens is 240 g/mol. The molecule has 0 unspecified atom stereocenters. The number of rotatable bonds is 3. The van der Waals surface area contributed by atoms with Crippen LogP contribution in [0.2, 0.25) is 0 Å². The van der Waals surface area contributed by atoms with Crippen molar-refractivity contribution in [2.45, 2.75) is 13.5 Å². The Kier molecular flexibility index (Phi) is 2.79. The minimum Gasteiger partial charge on any atom is -0.337 e. The summed E-state index contributed by atoms with van der Waals surface area (Å²) in [6.07, 6.45) is 4.86. The van der Waals surface area contributed by atoms with Gasteiger partial charge in [0.1, 0.15) is 11.4 Å². The lowest BCUT2D eigenvalue weighted by molar-refractivity contribution is 0.103. The van der Waals surface area contributed by atoms with E-state index in [1.54, 1.807) is 12.5 Å². The van der Waals surface area contributed by atoms with Gasteiger partial charge in [-0.2, -0.15) is 0 Å². The number of ketones is 1. The van der Waals surface area contributed by atoms with Gasteiger partial charge in [0.2, 0.25) is 5.78 Å². The smallest absolute Gasteiger partial charge is 0.232 e. The summed E-state index contributed by atoms with van der Waals surface area (Å²) in [5.41, 5.74) is 2.20. The van der Waals surface area contributed by atoms with E-state index < -0.39 is 0 Å². The summed E-state index contributed by atoms with van der Waals surface area (Å²) in [6, 6.07) is 7.46. The maximum Gasteiger partial charge on any atom is 0.232 e. The number of aryl methyl sites for hydroxylation is 1. The van der Waals surface area contributed by atoms with Crippen molar-refractivity contribution >= 4 is 16.8 Å². The van der Waals surface area contributed by atoms with Gasteiger partial charge in [-0.3, -0.25) is 9.78 Å². The summed E-state index contributed by atoms with van der Waals surface area (Å²) in [7, 11) is 0. The largest absolute Gasteiger partial charge is 0.337 e. The number of nitrogens with zero attached hydrogens (tertiary/aromatic N) is 4. The van der Waals surface area contributed by atoms with E-state index in [0.717, 1.165) is 12.1 Å². The molecule has 0 fully saturated rings. The molecule has 94 valence electrons. The zero-order valence-electron chi connectivity index (χ0n) is 10.4. The Hall–Kier alpha value is -2.56. The Morgan fingerprint density at radius 1 is 1.16 bits per heavy atom. The SMILES string of the molecule is CCn1cnc(C(=O)c2cnc3ccccc3n2)c1. The van der Waals surface area contributed by atoms with Crippen LogP contribution < -0.4 is 0 Å². The molecule has 0 aliphatic rings. The molecule has 0 saturated carbocycles. The third-order valence-corrected chi connectivity index (χ3v) is 2.91.